The van der Waals surface area contributed by atoms with Crippen LogP contribution in [0, 0.1) is 23.7 Å². The lowest BCUT2D eigenvalue weighted by atomic mass is 9.51. The Bertz CT molecular complexity index is 408. The van der Waals surface area contributed by atoms with E-state index in [4.69, 9.17) is 5.73 Å². The van der Waals surface area contributed by atoms with Crippen LogP contribution in [-0.4, -0.2) is 6.54 Å². The van der Waals surface area contributed by atoms with E-state index in [0.29, 0.717) is 0 Å². The predicted octanol–water partition coefficient (Wildman–Crippen LogP) is 3.79. The summed E-state index contributed by atoms with van der Waals surface area (Å²) >= 11 is 2.06. The van der Waals surface area contributed by atoms with Gasteiger partial charge in [0.1, 0.15) is 0 Å². The van der Waals surface area contributed by atoms with Gasteiger partial charge in [-0.05, 0) is 86.8 Å². The lowest BCUT2D eigenvalue weighted by Crippen LogP contribution is -2.43. The van der Waals surface area contributed by atoms with E-state index in [0.717, 1.165) is 42.6 Å². The van der Waals surface area contributed by atoms with Crippen molar-refractivity contribution in [2.45, 2.75) is 44.4 Å². The van der Waals surface area contributed by atoms with Gasteiger partial charge in [0.05, 0.1) is 0 Å². The Hall–Kier alpha value is -0.340. The van der Waals surface area contributed by atoms with Crippen molar-refractivity contribution in [2.24, 2.45) is 29.4 Å². The van der Waals surface area contributed by atoms with Gasteiger partial charge < -0.3 is 5.73 Å². The van der Waals surface area contributed by atoms with Gasteiger partial charge in [0.25, 0.3) is 0 Å². The summed E-state index contributed by atoms with van der Waals surface area (Å²) in [7, 11) is 0. The molecule has 5 rings (SSSR count). The Labute approximate surface area is 114 Å². The van der Waals surface area contributed by atoms with Gasteiger partial charge in [-0.15, -0.1) is 11.3 Å². The molecule has 4 saturated carbocycles. The molecule has 0 aliphatic heterocycles. The van der Waals surface area contributed by atoms with Crippen LogP contribution in [0.3, 0.4) is 0 Å². The SMILES string of the molecule is NCCc1ccc(C2C3CC4CC(C3)CC2C4)s1. The summed E-state index contributed by atoms with van der Waals surface area (Å²) in [5.41, 5.74) is 5.67. The van der Waals surface area contributed by atoms with E-state index in [2.05, 4.69) is 23.5 Å². The second-order valence-corrected chi connectivity index (χ2v) is 8.00. The third kappa shape index (κ3) is 1.77. The zero-order valence-corrected chi connectivity index (χ0v) is 11.8. The molecule has 2 heteroatoms. The lowest BCUT2D eigenvalue weighted by Gasteiger charge is -2.54. The van der Waals surface area contributed by atoms with Crippen molar-refractivity contribution in [3.63, 3.8) is 0 Å². The molecule has 0 amide bonds. The summed E-state index contributed by atoms with van der Waals surface area (Å²) in [5, 5.41) is 0. The van der Waals surface area contributed by atoms with Crippen molar-refractivity contribution in [3.05, 3.63) is 21.9 Å². The average molecular weight is 261 g/mol. The minimum atomic E-state index is 0.793. The third-order valence-electron chi connectivity index (χ3n) is 5.63. The Morgan fingerprint density at radius 1 is 1.00 bits per heavy atom. The third-order valence-corrected chi connectivity index (χ3v) is 6.87. The van der Waals surface area contributed by atoms with Crippen LogP contribution < -0.4 is 5.73 Å². The summed E-state index contributed by atoms with van der Waals surface area (Å²) in [5.74, 6) is 5.13. The van der Waals surface area contributed by atoms with Crippen molar-refractivity contribution in [1.82, 2.24) is 0 Å². The second-order valence-electron chi connectivity index (χ2n) is 6.80. The fourth-order valence-electron chi connectivity index (χ4n) is 5.24. The Kier molecular flexibility index (Phi) is 2.77. The molecule has 1 heterocycles. The molecule has 4 aliphatic carbocycles. The van der Waals surface area contributed by atoms with Gasteiger partial charge in [-0.3, -0.25) is 0 Å². The summed E-state index contributed by atoms with van der Waals surface area (Å²) in [6.45, 7) is 0.793. The van der Waals surface area contributed by atoms with Gasteiger partial charge in [-0.25, -0.2) is 0 Å². The van der Waals surface area contributed by atoms with Crippen LogP contribution in [0.25, 0.3) is 0 Å². The van der Waals surface area contributed by atoms with Crippen molar-refractivity contribution in [2.75, 3.05) is 6.54 Å². The minimum absolute atomic E-state index is 0.793. The molecule has 0 spiro atoms. The first-order valence-electron chi connectivity index (χ1n) is 7.62. The highest BCUT2D eigenvalue weighted by atomic mass is 32.1. The first-order valence-corrected chi connectivity index (χ1v) is 8.44. The quantitative estimate of drug-likeness (QED) is 0.880. The fraction of sp³-hybridized carbons (Fsp3) is 0.750. The van der Waals surface area contributed by atoms with Gasteiger partial charge in [0, 0.05) is 9.75 Å². The molecule has 4 fully saturated rings. The molecule has 0 atom stereocenters. The molecule has 18 heavy (non-hydrogen) atoms. The van der Waals surface area contributed by atoms with Gasteiger partial charge >= 0.3 is 0 Å². The molecule has 4 aliphatic rings. The maximum Gasteiger partial charge on any atom is 0.00846 e. The zero-order chi connectivity index (χ0) is 12.1. The molecular formula is C16H23NS. The van der Waals surface area contributed by atoms with Crippen molar-refractivity contribution in [3.8, 4) is 0 Å². The van der Waals surface area contributed by atoms with E-state index in [1.54, 1.807) is 11.3 Å². The molecule has 0 saturated heterocycles. The Balaban J connectivity index is 1.60. The molecule has 0 unspecified atom stereocenters. The van der Waals surface area contributed by atoms with Gasteiger partial charge in [0.15, 0.2) is 0 Å². The van der Waals surface area contributed by atoms with Crippen LogP contribution in [0.5, 0.6) is 0 Å². The first-order chi connectivity index (χ1) is 8.83. The number of hydrogen-bond donors (Lipinski definition) is 1. The second kappa shape index (κ2) is 4.35. The summed E-state index contributed by atoms with van der Waals surface area (Å²) in [4.78, 5) is 3.19. The Morgan fingerprint density at radius 3 is 2.28 bits per heavy atom. The maximum absolute atomic E-state index is 5.67. The molecule has 0 aromatic carbocycles. The first kappa shape index (κ1) is 11.5. The van der Waals surface area contributed by atoms with Gasteiger partial charge in [-0.1, -0.05) is 0 Å². The largest absolute Gasteiger partial charge is 0.330 e. The predicted molar refractivity (Wildman–Crippen MR) is 76.9 cm³/mol. The van der Waals surface area contributed by atoms with Crippen molar-refractivity contribution >= 4 is 11.3 Å². The van der Waals surface area contributed by atoms with Gasteiger partial charge in [0.2, 0.25) is 0 Å². The normalized spacial score (nSPS) is 41.5. The molecule has 1 aromatic heterocycles. The molecule has 98 valence electrons. The number of rotatable bonds is 3. The highest BCUT2D eigenvalue weighted by Gasteiger charge is 2.48. The van der Waals surface area contributed by atoms with Crippen LogP contribution in [0.2, 0.25) is 0 Å². The minimum Gasteiger partial charge on any atom is -0.330 e. The van der Waals surface area contributed by atoms with E-state index in [1.807, 2.05) is 0 Å². The monoisotopic (exact) mass is 261 g/mol. The summed E-state index contributed by atoms with van der Waals surface area (Å²) < 4.78 is 0. The van der Waals surface area contributed by atoms with Crippen LogP contribution in [0.15, 0.2) is 12.1 Å². The number of thiophene rings is 1. The molecular weight excluding hydrogens is 238 g/mol. The van der Waals surface area contributed by atoms with Crippen LogP contribution in [0.1, 0.15) is 47.8 Å². The number of nitrogens with two attached hydrogens (primary N) is 1. The zero-order valence-electron chi connectivity index (χ0n) is 11.0. The Morgan fingerprint density at radius 2 is 1.67 bits per heavy atom. The molecule has 2 N–H and O–H groups in total. The van der Waals surface area contributed by atoms with E-state index in [-0.39, 0.29) is 0 Å². The summed E-state index contributed by atoms with van der Waals surface area (Å²) in [6.07, 6.45) is 8.74. The van der Waals surface area contributed by atoms with E-state index < -0.39 is 0 Å². The van der Waals surface area contributed by atoms with E-state index in [9.17, 15) is 0 Å². The van der Waals surface area contributed by atoms with Crippen molar-refractivity contribution in [1.29, 1.82) is 0 Å². The summed E-state index contributed by atoms with van der Waals surface area (Å²) in [6, 6.07) is 4.75. The van der Waals surface area contributed by atoms with Crippen LogP contribution in [-0.2, 0) is 6.42 Å². The molecule has 1 aromatic rings. The highest BCUT2D eigenvalue weighted by Crippen LogP contribution is 2.60. The maximum atomic E-state index is 5.67. The van der Waals surface area contributed by atoms with E-state index >= 15 is 0 Å². The van der Waals surface area contributed by atoms with Crippen LogP contribution in [0.4, 0.5) is 0 Å². The topological polar surface area (TPSA) is 26.0 Å². The fourth-order valence-corrected chi connectivity index (χ4v) is 6.56. The van der Waals surface area contributed by atoms with Gasteiger partial charge in [-0.2, -0.15) is 0 Å². The molecule has 0 radical (unpaired) electrons. The standard InChI is InChI=1S/C16H23NS/c17-4-3-14-1-2-15(18-14)16-12-6-10-5-11(8-12)9-13(16)7-10/h1-2,10-13,16H,3-9,17H2. The number of hydrogen-bond acceptors (Lipinski definition) is 2. The van der Waals surface area contributed by atoms with E-state index in [1.165, 1.54) is 30.6 Å². The van der Waals surface area contributed by atoms with Crippen molar-refractivity contribution < 1.29 is 0 Å². The smallest absolute Gasteiger partial charge is 0.00846 e. The average Bonchev–Trinajstić information content (AvgIpc) is 2.76. The lowest BCUT2D eigenvalue weighted by molar-refractivity contribution is -0.00160. The van der Waals surface area contributed by atoms with Crippen LogP contribution >= 0.6 is 11.3 Å². The molecule has 4 bridgehead atoms. The molecule has 1 nitrogen and oxygen atoms in total. The highest BCUT2D eigenvalue weighted by molar-refractivity contribution is 7.12.